The van der Waals surface area contributed by atoms with Gasteiger partial charge >= 0.3 is 0 Å². The molecule has 0 aliphatic heterocycles. The molecule has 0 aromatic heterocycles. The maximum absolute atomic E-state index is 13.6. The van der Waals surface area contributed by atoms with Gasteiger partial charge in [-0.15, -0.1) is 0 Å². The molecular formula is C14H20F2N3O2+. The molecule has 0 bridgehead atoms. The molecule has 0 radical (unpaired) electrons. The van der Waals surface area contributed by atoms with Gasteiger partial charge in [0.25, 0.3) is 5.91 Å². The van der Waals surface area contributed by atoms with Crippen LogP contribution < -0.4 is 16.0 Å². The van der Waals surface area contributed by atoms with Crippen LogP contribution in [0, 0.1) is 11.6 Å². The lowest BCUT2D eigenvalue weighted by atomic mass is 10.1. The summed E-state index contributed by atoms with van der Waals surface area (Å²) in [6, 6.07) is 3.02. The third-order valence-corrected chi connectivity index (χ3v) is 2.93. The van der Waals surface area contributed by atoms with Gasteiger partial charge < -0.3 is 16.0 Å². The van der Waals surface area contributed by atoms with Crippen LogP contribution in [0.4, 0.5) is 8.78 Å². The molecule has 0 aliphatic carbocycles. The summed E-state index contributed by atoms with van der Waals surface area (Å²) in [4.78, 5) is 22.7. The second-order valence-corrected chi connectivity index (χ2v) is 4.62. The number of halogens is 2. The smallest absolute Gasteiger partial charge is 0.275 e. The van der Waals surface area contributed by atoms with Crippen LogP contribution in [0.3, 0.4) is 0 Å². The molecule has 1 rings (SSSR count). The standard InChI is InChI=1S/C14H19F2N3O2/c1-3-17-13(20)8-19-14(21)7-18-9(2)11-5-4-10(15)6-12(11)16/h4-6,9,18H,3,7-8H2,1-2H3,(H,17,20)(H,19,21)/p+1/t9-/m0/s1. The van der Waals surface area contributed by atoms with Gasteiger partial charge in [-0.05, 0) is 26.0 Å². The van der Waals surface area contributed by atoms with Crippen LogP contribution in [-0.4, -0.2) is 31.4 Å². The first-order valence-corrected chi connectivity index (χ1v) is 6.75. The molecule has 2 amide bonds. The lowest BCUT2D eigenvalue weighted by molar-refractivity contribution is -0.682. The van der Waals surface area contributed by atoms with Gasteiger partial charge in [-0.2, -0.15) is 0 Å². The maximum atomic E-state index is 13.6. The van der Waals surface area contributed by atoms with Crippen LogP contribution in [0.5, 0.6) is 0 Å². The molecule has 0 spiro atoms. The van der Waals surface area contributed by atoms with E-state index in [9.17, 15) is 18.4 Å². The highest BCUT2D eigenvalue weighted by Crippen LogP contribution is 2.14. The van der Waals surface area contributed by atoms with Crippen molar-refractivity contribution in [3.8, 4) is 0 Å². The molecule has 1 aromatic rings. The van der Waals surface area contributed by atoms with E-state index in [1.54, 1.807) is 19.2 Å². The van der Waals surface area contributed by atoms with Crippen molar-refractivity contribution < 1.29 is 23.7 Å². The molecule has 0 fully saturated rings. The van der Waals surface area contributed by atoms with Crippen molar-refractivity contribution in [2.24, 2.45) is 0 Å². The fourth-order valence-corrected chi connectivity index (χ4v) is 1.79. The fourth-order valence-electron chi connectivity index (χ4n) is 1.79. The molecule has 5 nitrogen and oxygen atoms in total. The molecule has 1 aromatic carbocycles. The van der Waals surface area contributed by atoms with Gasteiger partial charge in [-0.25, -0.2) is 8.78 Å². The first-order chi connectivity index (χ1) is 9.93. The van der Waals surface area contributed by atoms with Crippen LogP contribution in [0.15, 0.2) is 18.2 Å². The van der Waals surface area contributed by atoms with E-state index in [2.05, 4.69) is 10.6 Å². The Labute approximate surface area is 122 Å². The molecule has 7 heteroatoms. The largest absolute Gasteiger partial charge is 0.355 e. The number of hydrogen-bond acceptors (Lipinski definition) is 2. The zero-order valence-corrected chi connectivity index (χ0v) is 12.1. The highest BCUT2D eigenvalue weighted by atomic mass is 19.1. The monoisotopic (exact) mass is 300 g/mol. The maximum Gasteiger partial charge on any atom is 0.275 e. The Bertz CT molecular complexity index is 509. The van der Waals surface area contributed by atoms with E-state index in [1.165, 1.54) is 12.1 Å². The number of amides is 2. The van der Waals surface area contributed by atoms with E-state index in [0.717, 1.165) is 6.07 Å². The number of carbonyl (C=O) groups is 2. The Hall–Kier alpha value is -2.02. The Morgan fingerprint density at radius 2 is 1.95 bits per heavy atom. The SMILES string of the molecule is CCNC(=O)CNC(=O)C[NH2+][C@@H](C)c1ccc(F)cc1F. The Morgan fingerprint density at radius 1 is 1.24 bits per heavy atom. The van der Waals surface area contributed by atoms with Crippen molar-refractivity contribution >= 4 is 11.8 Å². The molecule has 21 heavy (non-hydrogen) atoms. The van der Waals surface area contributed by atoms with Crippen molar-refractivity contribution in [3.63, 3.8) is 0 Å². The number of nitrogens with one attached hydrogen (secondary N) is 2. The number of carbonyl (C=O) groups excluding carboxylic acids is 2. The highest BCUT2D eigenvalue weighted by molar-refractivity contribution is 5.84. The van der Waals surface area contributed by atoms with Crippen molar-refractivity contribution in [1.29, 1.82) is 0 Å². The molecule has 0 saturated heterocycles. The average molecular weight is 300 g/mol. The zero-order chi connectivity index (χ0) is 15.8. The van der Waals surface area contributed by atoms with Crippen LogP contribution in [-0.2, 0) is 9.59 Å². The number of hydrogen-bond donors (Lipinski definition) is 3. The van der Waals surface area contributed by atoms with Crippen LogP contribution in [0.2, 0.25) is 0 Å². The fraction of sp³-hybridized carbons (Fsp3) is 0.429. The third-order valence-electron chi connectivity index (χ3n) is 2.93. The van der Waals surface area contributed by atoms with Gasteiger partial charge in [0.1, 0.15) is 17.7 Å². The van der Waals surface area contributed by atoms with Gasteiger partial charge in [-0.3, -0.25) is 9.59 Å². The summed E-state index contributed by atoms with van der Waals surface area (Å²) in [6.45, 7) is 3.97. The van der Waals surface area contributed by atoms with Gasteiger partial charge in [-0.1, -0.05) is 0 Å². The topological polar surface area (TPSA) is 74.8 Å². The minimum atomic E-state index is -0.638. The minimum Gasteiger partial charge on any atom is -0.355 e. The average Bonchev–Trinajstić information content (AvgIpc) is 2.43. The summed E-state index contributed by atoms with van der Waals surface area (Å²) in [7, 11) is 0. The first-order valence-electron chi connectivity index (χ1n) is 6.75. The predicted octanol–water partition coefficient (Wildman–Crippen LogP) is -0.158. The van der Waals surface area contributed by atoms with E-state index in [1.807, 2.05) is 0 Å². The predicted molar refractivity (Wildman–Crippen MR) is 73.3 cm³/mol. The first kappa shape index (κ1) is 17.0. The summed E-state index contributed by atoms with van der Waals surface area (Å²) in [5, 5.41) is 6.63. The van der Waals surface area contributed by atoms with Crippen LogP contribution >= 0.6 is 0 Å². The quantitative estimate of drug-likeness (QED) is 0.655. The van der Waals surface area contributed by atoms with E-state index < -0.39 is 11.6 Å². The summed E-state index contributed by atoms with van der Waals surface area (Å²) < 4.78 is 26.4. The van der Waals surface area contributed by atoms with Crippen molar-refractivity contribution in [2.75, 3.05) is 19.6 Å². The second-order valence-electron chi connectivity index (χ2n) is 4.62. The molecule has 4 N–H and O–H groups in total. The van der Waals surface area contributed by atoms with Crippen LogP contribution in [0.25, 0.3) is 0 Å². The molecule has 116 valence electrons. The number of likely N-dealkylation sites (N-methyl/N-ethyl adjacent to an activating group) is 1. The van der Waals surface area contributed by atoms with E-state index in [-0.39, 0.29) is 30.9 Å². The minimum absolute atomic E-state index is 0.0530. The van der Waals surface area contributed by atoms with Crippen molar-refractivity contribution in [3.05, 3.63) is 35.4 Å². The van der Waals surface area contributed by atoms with E-state index >= 15 is 0 Å². The highest BCUT2D eigenvalue weighted by Gasteiger charge is 2.16. The van der Waals surface area contributed by atoms with Crippen molar-refractivity contribution in [2.45, 2.75) is 19.9 Å². The van der Waals surface area contributed by atoms with E-state index in [0.29, 0.717) is 12.1 Å². The van der Waals surface area contributed by atoms with E-state index in [4.69, 9.17) is 0 Å². The third kappa shape index (κ3) is 5.86. The lowest BCUT2D eigenvalue weighted by Crippen LogP contribution is -2.87. The number of nitrogens with two attached hydrogens (primary N) is 1. The zero-order valence-electron chi connectivity index (χ0n) is 12.1. The summed E-state index contributed by atoms with van der Waals surface area (Å²) in [5.41, 5.74) is 0.327. The summed E-state index contributed by atoms with van der Waals surface area (Å²) in [5.74, 6) is -1.86. The van der Waals surface area contributed by atoms with Gasteiger partial charge in [0.05, 0.1) is 6.54 Å². The normalized spacial score (nSPS) is 11.8. The molecule has 0 saturated carbocycles. The molecule has 0 aliphatic rings. The van der Waals surface area contributed by atoms with Gasteiger partial charge in [0.2, 0.25) is 5.91 Å². The Morgan fingerprint density at radius 3 is 2.57 bits per heavy atom. The molecule has 0 heterocycles. The summed E-state index contributed by atoms with van der Waals surface area (Å²) >= 11 is 0. The van der Waals surface area contributed by atoms with Gasteiger partial charge in [0.15, 0.2) is 6.54 Å². The Balaban J connectivity index is 2.40. The number of benzene rings is 1. The van der Waals surface area contributed by atoms with Crippen LogP contribution in [0.1, 0.15) is 25.5 Å². The molecular weight excluding hydrogens is 280 g/mol. The number of rotatable bonds is 7. The summed E-state index contributed by atoms with van der Waals surface area (Å²) in [6.07, 6.45) is 0. The Kier molecular flexibility index (Phi) is 6.74. The van der Waals surface area contributed by atoms with Crippen molar-refractivity contribution in [1.82, 2.24) is 10.6 Å². The molecule has 1 atom stereocenters. The van der Waals surface area contributed by atoms with Gasteiger partial charge in [0, 0.05) is 18.2 Å². The lowest BCUT2D eigenvalue weighted by Gasteiger charge is -2.12. The molecule has 0 unspecified atom stereocenters. The number of quaternary nitrogens is 1. The second kappa shape index (κ2) is 8.31.